The zero-order valence-electron chi connectivity index (χ0n) is 11.9. The summed E-state index contributed by atoms with van der Waals surface area (Å²) in [4.78, 5) is 13.5. The highest BCUT2D eigenvalue weighted by Crippen LogP contribution is 2.15. The Kier molecular flexibility index (Phi) is 7.39. The molecule has 0 aromatic carbocycles. The van der Waals surface area contributed by atoms with Gasteiger partial charge in [0.25, 0.3) is 0 Å². The molecule has 17 heavy (non-hydrogen) atoms. The maximum Gasteiger partial charge on any atom is 0.323 e. The lowest BCUT2D eigenvalue weighted by Crippen LogP contribution is -2.52. The minimum atomic E-state index is -0.793. The van der Waals surface area contributed by atoms with E-state index in [0.29, 0.717) is 6.42 Å². The molecule has 2 N–H and O–H groups in total. The van der Waals surface area contributed by atoms with Gasteiger partial charge in [0.2, 0.25) is 0 Å². The number of nitrogens with one attached hydrogen (secondary N) is 1. The van der Waals surface area contributed by atoms with Gasteiger partial charge in [0.1, 0.15) is 5.54 Å². The summed E-state index contributed by atoms with van der Waals surface area (Å²) in [5.41, 5.74) is -0.793. The molecule has 0 radical (unpaired) electrons. The Morgan fingerprint density at radius 1 is 1.41 bits per heavy atom. The van der Waals surface area contributed by atoms with E-state index in [9.17, 15) is 9.90 Å². The van der Waals surface area contributed by atoms with Gasteiger partial charge in [0.15, 0.2) is 0 Å². The van der Waals surface area contributed by atoms with Gasteiger partial charge in [-0.15, -0.1) is 0 Å². The van der Waals surface area contributed by atoms with Gasteiger partial charge in [-0.2, -0.15) is 0 Å². The van der Waals surface area contributed by atoms with Crippen LogP contribution in [-0.4, -0.2) is 47.7 Å². The van der Waals surface area contributed by atoms with Gasteiger partial charge < -0.3 is 10.0 Å². The molecule has 4 nitrogen and oxygen atoms in total. The second-order valence-corrected chi connectivity index (χ2v) is 5.29. The van der Waals surface area contributed by atoms with E-state index < -0.39 is 11.5 Å². The van der Waals surface area contributed by atoms with E-state index in [0.717, 1.165) is 25.9 Å². The maximum atomic E-state index is 11.3. The molecule has 1 atom stereocenters. The minimum Gasteiger partial charge on any atom is -0.480 e. The van der Waals surface area contributed by atoms with Crippen LogP contribution in [0.3, 0.4) is 0 Å². The third-order valence-corrected chi connectivity index (χ3v) is 3.09. The number of aliphatic carboxylic acids is 1. The highest BCUT2D eigenvalue weighted by Gasteiger charge is 2.32. The monoisotopic (exact) mass is 244 g/mol. The zero-order valence-corrected chi connectivity index (χ0v) is 11.9. The standard InChI is InChI=1S/C13H28N2O2/c1-6-15(5)10-8-7-9-13(4,12(16)17)14-11(2)3/h11,14H,6-10H2,1-5H3,(H,16,17). The molecular formula is C13H28N2O2. The first-order valence-corrected chi connectivity index (χ1v) is 6.51. The Balaban J connectivity index is 4.06. The molecule has 0 aliphatic heterocycles. The van der Waals surface area contributed by atoms with Gasteiger partial charge in [-0.05, 0) is 60.2 Å². The van der Waals surface area contributed by atoms with E-state index in [1.807, 2.05) is 13.8 Å². The fraction of sp³-hybridized carbons (Fsp3) is 0.923. The molecule has 0 spiro atoms. The number of carboxylic acids is 1. The van der Waals surface area contributed by atoms with Crippen LogP contribution in [0.4, 0.5) is 0 Å². The van der Waals surface area contributed by atoms with Crippen LogP contribution in [0.1, 0.15) is 47.0 Å². The molecule has 0 rings (SSSR count). The van der Waals surface area contributed by atoms with Crippen LogP contribution in [0.2, 0.25) is 0 Å². The van der Waals surface area contributed by atoms with Crippen molar-refractivity contribution < 1.29 is 9.90 Å². The molecule has 0 heterocycles. The molecule has 0 amide bonds. The molecule has 1 unspecified atom stereocenters. The van der Waals surface area contributed by atoms with Crippen molar-refractivity contribution in [3.8, 4) is 0 Å². The molecule has 0 aliphatic carbocycles. The van der Waals surface area contributed by atoms with E-state index in [1.54, 1.807) is 6.92 Å². The van der Waals surface area contributed by atoms with Gasteiger partial charge in [-0.25, -0.2) is 0 Å². The van der Waals surface area contributed by atoms with Crippen LogP contribution >= 0.6 is 0 Å². The van der Waals surface area contributed by atoms with Gasteiger partial charge in [0, 0.05) is 6.04 Å². The van der Waals surface area contributed by atoms with E-state index in [1.165, 1.54) is 0 Å². The molecule has 102 valence electrons. The maximum absolute atomic E-state index is 11.3. The predicted molar refractivity (Wildman–Crippen MR) is 71.3 cm³/mol. The molecule has 0 aromatic heterocycles. The van der Waals surface area contributed by atoms with E-state index in [4.69, 9.17) is 0 Å². The summed E-state index contributed by atoms with van der Waals surface area (Å²) in [7, 11) is 2.09. The van der Waals surface area contributed by atoms with Crippen LogP contribution in [0.25, 0.3) is 0 Å². The average Bonchev–Trinajstić information content (AvgIpc) is 2.22. The lowest BCUT2D eigenvalue weighted by molar-refractivity contribution is -0.144. The lowest BCUT2D eigenvalue weighted by atomic mass is 9.94. The number of nitrogens with zero attached hydrogens (tertiary/aromatic N) is 1. The number of hydrogen-bond donors (Lipinski definition) is 2. The van der Waals surface area contributed by atoms with Crippen LogP contribution in [-0.2, 0) is 4.79 Å². The zero-order chi connectivity index (χ0) is 13.5. The Bertz CT molecular complexity index is 231. The van der Waals surface area contributed by atoms with E-state index >= 15 is 0 Å². The number of rotatable bonds is 9. The van der Waals surface area contributed by atoms with Crippen molar-refractivity contribution in [1.82, 2.24) is 10.2 Å². The van der Waals surface area contributed by atoms with Crippen LogP contribution in [0.5, 0.6) is 0 Å². The highest BCUT2D eigenvalue weighted by molar-refractivity contribution is 5.78. The third-order valence-electron chi connectivity index (χ3n) is 3.09. The summed E-state index contributed by atoms with van der Waals surface area (Å²) in [5.74, 6) is -0.755. The predicted octanol–water partition coefficient (Wildman–Crippen LogP) is 1.95. The smallest absolute Gasteiger partial charge is 0.323 e. The summed E-state index contributed by atoms with van der Waals surface area (Å²) < 4.78 is 0. The summed E-state index contributed by atoms with van der Waals surface area (Å²) in [6.07, 6.45) is 2.66. The normalized spacial score (nSPS) is 15.2. The number of carboxylic acid groups (broad SMARTS) is 1. The Labute approximate surface area is 105 Å². The quantitative estimate of drug-likeness (QED) is 0.609. The lowest BCUT2D eigenvalue weighted by Gasteiger charge is -2.29. The minimum absolute atomic E-state index is 0.189. The Morgan fingerprint density at radius 3 is 2.41 bits per heavy atom. The van der Waals surface area contributed by atoms with Gasteiger partial charge in [-0.1, -0.05) is 6.92 Å². The second-order valence-electron chi connectivity index (χ2n) is 5.29. The van der Waals surface area contributed by atoms with Crippen LogP contribution < -0.4 is 5.32 Å². The first-order chi connectivity index (χ1) is 7.81. The first kappa shape index (κ1) is 16.4. The van der Waals surface area contributed by atoms with Gasteiger partial charge in [-0.3, -0.25) is 10.1 Å². The summed E-state index contributed by atoms with van der Waals surface area (Å²) >= 11 is 0. The van der Waals surface area contributed by atoms with Gasteiger partial charge in [0.05, 0.1) is 0 Å². The van der Waals surface area contributed by atoms with Crippen molar-refractivity contribution in [2.45, 2.75) is 58.5 Å². The molecule has 0 fully saturated rings. The van der Waals surface area contributed by atoms with Gasteiger partial charge >= 0.3 is 5.97 Å². The van der Waals surface area contributed by atoms with Crippen molar-refractivity contribution in [1.29, 1.82) is 0 Å². The largest absolute Gasteiger partial charge is 0.480 e. The second kappa shape index (κ2) is 7.67. The van der Waals surface area contributed by atoms with Crippen molar-refractivity contribution in [2.75, 3.05) is 20.1 Å². The average molecular weight is 244 g/mol. The molecule has 0 aromatic rings. The topological polar surface area (TPSA) is 52.6 Å². The highest BCUT2D eigenvalue weighted by atomic mass is 16.4. The van der Waals surface area contributed by atoms with Crippen molar-refractivity contribution >= 4 is 5.97 Å². The molecular weight excluding hydrogens is 216 g/mol. The van der Waals surface area contributed by atoms with E-state index in [2.05, 4.69) is 24.2 Å². The summed E-state index contributed by atoms with van der Waals surface area (Å²) in [6, 6.07) is 0.189. The van der Waals surface area contributed by atoms with Crippen LogP contribution in [0, 0.1) is 0 Å². The number of carbonyl (C=O) groups is 1. The number of unbranched alkanes of at least 4 members (excludes halogenated alkanes) is 1. The Morgan fingerprint density at radius 2 is 2.00 bits per heavy atom. The fourth-order valence-corrected chi connectivity index (χ4v) is 1.90. The summed E-state index contributed by atoms with van der Waals surface area (Å²) in [5, 5.41) is 12.4. The summed E-state index contributed by atoms with van der Waals surface area (Å²) in [6.45, 7) is 9.94. The number of hydrogen-bond acceptors (Lipinski definition) is 3. The third kappa shape index (κ3) is 6.64. The fourth-order valence-electron chi connectivity index (χ4n) is 1.90. The van der Waals surface area contributed by atoms with Crippen molar-refractivity contribution in [2.24, 2.45) is 0 Å². The molecule has 4 heteroatoms. The molecule has 0 saturated heterocycles. The van der Waals surface area contributed by atoms with Crippen LogP contribution in [0.15, 0.2) is 0 Å². The molecule has 0 bridgehead atoms. The molecule has 0 saturated carbocycles. The first-order valence-electron chi connectivity index (χ1n) is 6.51. The SMILES string of the molecule is CCN(C)CCCCC(C)(NC(C)C)C(=O)O. The molecule has 0 aliphatic rings. The van der Waals surface area contributed by atoms with E-state index in [-0.39, 0.29) is 6.04 Å². The van der Waals surface area contributed by atoms with Crippen molar-refractivity contribution in [3.63, 3.8) is 0 Å². The van der Waals surface area contributed by atoms with Crippen molar-refractivity contribution in [3.05, 3.63) is 0 Å². The Hall–Kier alpha value is -0.610.